The number of ether oxygens (including phenoxy) is 1. The summed E-state index contributed by atoms with van der Waals surface area (Å²) in [5.41, 5.74) is 1.66. The van der Waals surface area contributed by atoms with Crippen LogP contribution in [0.2, 0.25) is 0 Å². The van der Waals surface area contributed by atoms with E-state index >= 15 is 0 Å². The van der Waals surface area contributed by atoms with Crippen LogP contribution in [-0.2, 0) is 27.7 Å². The van der Waals surface area contributed by atoms with Gasteiger partial charge in [0.25, 0.3) is 0 Å². The zero-order valence-electron chi connectivity index (χ0n) is 15.3. The molecule has 1 aliphatic heterocycles. The summed E-state index contributed by atoms with van der Waals surface area (Å²) in [6.07, 6.45) is 0.633. The molecule has 2 rings (SSSR count). The molecule has 0 saturated heterocycles. The van der Waals surface area contributed by atoms with Crippen molar-refractivity contribution >= 4 is 16.1 Å². The molecule has 0 aromatic heterocycles. The largest absolute Gasteiger partial charge is 0.383 e. The van der Waals surface area contributed by atoms with Crippen molar-refractivity contribution < 1.29 is 17.9 Å². The van der Waals surface area contributed by atoms with Gasteiger partial charge >= 0.3 is 6.03 Å². The van der Waals surface area contributed by atoms with E-state index in [1.54, 1.807) is 23.1 Å². The Hall–Kier alpha value is -1.64. The van der Waals surface area contributed by atoms with E-state index in [2.05, 4.69) is 10.0 Å². The average molecular weight is 369 g/mol. The Labute approximate surface area is 149 Å². The molecular weight excluding hydrogens is 342 g/mol. The van der Waals surface area contributed by atoms with Crippen molar-refractivity contribution in [3.05, 3.63) is 29.3 Å². The van der Waals surface area contributed by atoms with E-state index in [1.165, 1.54) is 7.11 Å². The Morgan fingerprint density at radius 2 is 2.00 bits per heavy atom. The molecule has 0 spiro atoms. The van der Waals surface area contributed by atoms with Gasteiger partial charge in [0.1, 0.15) is 0 Å². The predicted molar refractivity (Wildman–Crippen MR) is 95.9 cm³/mol. The van der Waals surface area contributed by atoms with Gasteiger partial charge in [0.2, 0.25) is 10.0 Å². The van der Waals surface area contributed by atoms with Crippen LogP contribution in [-0.4, -0.2) is 51.7 Å². The van der Waals surface area contributed by atoms with Gasteiger partial charge in [0.15, 0.2) is 0 Å². The van der Waals surface area contributed by atoms with Crippen LogP contribution in [0, 0.1) is 0 Å². The number of carbonyl (C=O) groups excluding carboxylic acids is 1. The maximum absolute atomic E-state index is 12.3. The molecule has 1 aromatic carbocycles. The molecule has 0 fully saturated rings. The number of urea groups is 1. The second-order valence-corrected chi connectivity index (χ2v) is 8.94. The Morgan fingerprint density at radius 3 is 2.64 bits per heavy atom. The quantitative estimate of drug-likeness (QED) is 0.770. The maximum atomic E-state index is 12.3. The number of benzene rings is 1. The van der Waals surface area contributed by atoms with Gasteiger partial charge in [-0.3, -0.25) is 0 Å². The Bertz CT molecular complexity index is 726. The molecule has 1 aliphatic rings. The van der Waals surface area contributed by atoms with Crippen LogP contribution in [0.15, 0.2) is 23.1 Å². The lowest BCUT2D eigenvalue weighted by atomic mass is 10.00. The normalized spacial score (nSPS) is 15.0. The van der Waals surface area contributed by atoms with E-state index in [9.17, 15) is 13.2 Å². The van der Waals surface area contributed by atoms with E-state index < -0.39 is 10.0 Å². The minimum atomic E-state index is -3.54. The number of methoxy groups -OCH3 is 1. The molecule has 0 saturated carbocycles. The summed E-state index contributed by atoms with van der Waals surface area (Å²) in [4.78, 5) is 14.3. The van der Waals surface area contributed by atoms with Crippen LogP contribution < -0.4 is 10.0 Å². The number of nitrogens with one attached hydrogen (secondary N) is 2. The number of sulfonamides is 1. The first kappa shape index (κ1) is 19.7. The van der Waals surface area contributed by atoms with Gasteiger partial charge in [-0.1, -0.05) is 6.07 Å². The standard InChI is InChI=1S/C17H27N3O4S/c1-17(2,3)19-16(21)20-9-7-13-11-15(6-5-14(13)12-20)25(22,23)18-8-10-24-4/h5-6,11,18H,7-10,12H2,1-4H3,(H,19,21). The molecule has 1 aromatic rings. The van der Waals surface area contributed by atoms with E-state index in [0.29, 0.717) is 26.1 Å². The van der Waals surface area contributed by atoms with E-state index in [0.717, 1.165) is 11.1 Å². The van der Waals surface area contributed by atoms with E-state index in [-0.39, 0.29) is 23.0 Å². The second-order valence-electron chi connectivity index (χ2n) is 7.17. The van der Waals surface area contributed by atoms with Crippen LogP contribution in [0.3, 0.4) is 0 Å². The summed E-state index contributed by atoms with van der Waals surface area (Å²) in [5.74, 6) is 0. The third kappa shape index (κ3) is 5.42. The molecule has 2 N–H and O–H groups in total. The van der Waals surface area contributed by atoms with Crippen LogP contribution in [0.25, 0.3) is 0 Å². The first-order chi connectivity index (χ1) is 11.6. The smallest absolute Gasteiger partial charge is 0.318 e. The number of hydrogen-bond donors (Lipinski definition) is 2. The predicted octanol–water partition coefficient (Wildman–Crippen LogP) is 1.48. The first-order valence-corrected chi connectivity index (χ1v) is 9.78. The topological polar surface area (TPSA) is 87.7 Å². The Morgan fingerprint density at radius 1 is 1.28 bits per heavy atom. The lowest BCUT2D eigenvalue weighted by Gasteiger charge is -2.32. The fraction of sp³-hybridized carbons (Fsp3) is 0.588. The molecule has 7 nitrogen and oxygen atoms in total. The van der Waals surface area contributed by atoms with Crippen molar-refractivity contribution in [2.75, 3.05) is 26.8 Å². The molecule has 8 heteroatoms. The third-order valence-electron chi connectivity index (χ3n) is 3.87. The highest BCUT2D eigenvalue weighted by Gasteiger charge is 2.25. The molecule has 0 unspecified atom stereocenters. The average Bonchev–Trinajstić information content (AvgIpc) is 2.52. The van der Waals surface area contributed by atoms with Crippen molar-refractivity contribution in [1.82, 2.24) is 14.9 Å². The van der Waals surface area contributed by atoms with Gasteiger partial charge in [-0.05, 0) is 50.5 Å². The van der Waals surface area contributed by atoms with Gasteiger partial charge < -0.3 is 15.0 Å². The number of nitrogens with zero attached hydrogens (tertiary/aromatic N) is 1. The molecular formula is C17H27N3O4S. The van der Waals surface area contributed by atoms with Gasteiger partial charge in [-0.25, -0.2) is 17.9 Å². The molecule has 2 amide bonds. The Kier molecular flexibility index (Phi) is 6.08. The lowest BCUT2D eigenvalue weighted by molar-refractivity contribution is 0.183. The van der Waals surface area contributed by atoms with Crippen LogP contribution in [0.1, 0.15) is 31.9 Å². The second kappa shape index (κ2) is 7.72. The van der Waals surface area contributed by atoms with E-state index in [1.807, 2.05) is 20.8 Å². The zero-order valence-corrected chi connectivity index (χ0v) is 16.1. The summed E-state index contributed by atoms with van der Waals surface area (Å²) in [7, 11) is -2.02. The summed E-state index contributed by atoms with van der Waals surface area (Å²) in [6, 6.07) is 4.97. The fourth-order valence-electron chi connectivity index (χ4n) is 2.63. The van der Waals surface area contributed by atoms with Gasteiger partial charge in [-0.2, -0.15) is 0 Å². The minimum absolute atomic E-state index is 0.101. The summed E-state index contributed by atoms with van der Waals surface area (Å²) >= 11 is 0. The zero-order chi connectivity index (χ0) is 18.7. The number of hydrogen-bond acceptors (Lipinski definition) is 4. The SMILES string of the molecule is COCCNS(=O)(=O)c1ccc2c(c1)CCN(C(=O)NC(C)(C)C)C2. The minimum Gasteiger partial charge on any atom is -0.383 e. The fourth-order valence-corrected chi connectivity index (χ4v) is 3.69. The van der Waals surface area contributed by atoms with Crippen molar-refractivity contribution in [3.63, 3.8) is 0 Å². The van der Waals surface area contributed by atoms with E-state index in [4.69, 9.17) is 4.74 Å². The van der Waals surface area contributed by atoms with Crippen molar-refractivity contribution in [2.45, 2.75) is 44.2 Å². The highest BCUT2D eigenvalue weighted by molar-refractivity contribution is 7.89. The molecule has 0 radical (unpaired) electrons. The molecule has 0 atom stereocenters. The molecule has 0 bridgehead atoms. The number of fused-ring (bicyclic) bond motifs is 1. The van der Waals surface area contributed by atoms with Gasteiger partial charge in [-0.15, -0.1) is 0 Å². The van der Waals surface area contributed by atoms with Crippen LogP contribution >= 0.6 is 0 Å². The highest BCUT2D eigenvalue weighted by atomic mass is 32.2. The van der Waals surface area contributed by atoms with Gasteiger partial charge in [0.05, 0.1) is 11.5 Å². The van der Waals surface area contributed by atoms with Gasteiger partial charge in [0, 0.05) is 32.3 Å². The highest BCUT2D eigenvalue weighted by Crippen LogP contribution is 2.23. The Balaban J connectivity index is 2.10. The third-order valence-corrected chi connectivity index (χ3v) is 5.33. The van der Waals surface area contributed by atoms with Crippen LogP contribution in [0.4, 0.5) is 4.79 Å². The summed E-state index contributed by atoms with van der Waals surface area (Å²) in [6.45, 7) is 7.42. The van der Waals surface area contributed by atoms with Crippen molar-refractivity contribution in [2.24, 2.45) is 0 Å². The molecule has 25 heavy (non-hydrogen) atoms. The molecule has 1 heterocycles. The maximum Gasteiger partial charge on any atom is 0.318 e. The number of rotatable bonds is 5. The molecule has 0 aliphatic carbocycles. The number of amides is 2. The van der Waals surface area contributed by atoms with Crippen LogP contribution in [0.5, 0.6) is 0 Å². The first-order valence-electron chi connectivity index (χ1n) is 8.30. The summed E-state index contributed by atoms with van der Waals surface area (Å²) in [5, 5.41) is 2.95. The monoisotopic (exact) mass is 369 g/mol. The molecule has 140 valence electrons. The number of carbonyl (C=O) groups is 1. The summed E-state index contributed by atoms with van der Waals surface area (Å²) < 4.78 is 31.9. The lowest BCUT2D eigenvalue weighted by Crippen LogP contribution is -2.49. The van der Waals surface area contributed by atoms with Crippen molar-refractivity contribution in [1.29, 1.82) is 0 Å². The van der Waals surface area contributed by atoms with Crippen molar-refractivity contribution in [3.8, 4) is 0 Å².